The van der Waals surface area contributed by atoms with Gasteiger partial charge >= 0.3 is 0 Å². The Morgan fingerprint density at radius 2 is 1.36 bits per heavy atom. The summed E-state index contributed by atoms with van der Waals surface area (Å²) < 4.78 is 0. The molecule has 28 heavy (non-hydrogen) atoms. The van der Waals surface area contributed by atoms with E-state index in [1.54, 1.807) is 0 Å². The molecule has 0 spiro atoms. The molecule has 2 nitrogen and oxygen atoms in total. The highest BCUT2D eigenvalue weighted by Gasteiger charge is 2.38. The molecule has 2 N–H and O–H groups in total. The third kappa shape index (κ3) is 4.18. The molecule has 4 rings (SSSR count). The Bertz CT molecular complexity index is 888. The lowest BCUT2D eigenvalue weighted by Crippen LogP contribution is -2.43. The molecular formula is C26H27NO. The Kier molecular flexibility index (Phi) is 5.31. The summed E-state index contributed by atoms with van der Waals surface area (Å²) in [7, 11) is 0. The van der Waals surface area contributed by atoms with Crippen LogP contribution < -0.4 is 5.32 Å². The maximum absolute atomic E-state index is 11.8. The smallest absolute Gasteiger partial charge is 0.0808 e. The van der Waals surface area contributed by atoms with Gasteiger partial charge in [-0.3, -0.25) is 0 Å². The van der Waals surface area contributed by atoms with Crippen molar-refractivity contribution in [2.75, 3.05) is 6.54 Å². The van der Waals surface area contributed by atoms with Gasteiger partial charge in [0.2, 0.25) is 0 Å². The molecule has 0 radical (unpaired) electrons. The zero-order chi connectivity index (χ0) is 19.4. The largest absolute Gasteiger partial charge is 0.389 e. The highest BCUT2D eigenvalue weighted by Crippen LogP contribution is 2.33. The maximum atomic E-state index is 11.8. The van der Waals surface area contributed by atoms with Gasteiger partial charge in [0, 0.05) is 31.0 Å². The Morgan fingerprint density at radius 3 is 1.89 bits per heavy atom. The highest BCUT2D eigenvalue weighted by molar-refractivity contribution is 5.66. The van der Waals surface area contributed by atoms with Crippen molar-refractivity contribution in [3.05, 3.63) is 113 Å². The monoisotopic (exact) mass is 369 g/mol. The van der Waals surface area contributed by atoms with Crippen LogP contribution in [0.2, 0.25) is 0 Å². The van der Waals surface area contributed by atoms with Gasteiger partial charge in [-0.05, 0) is 23.6 Å². The highest BCUT2D eigenvalue weighted by atomic mass is 16.3. The fourth-order valence-corrected chi connectivity index (χ4v) is 4.04. The molecule has 0 aliphatic carbocycles. The van der Waals surface area contributed by atoms with E-state index in [0.717, 1.165) is 23.4 Å². The lowest BCUT2D eigenvalue weighted by Gasteiger charge is -2.33. The number of aryl methyl sites for hydroxylation is 1. The summed E-state index contributed by atoms with van der Waals surface area (Å²) in [5.74, 6) is 0.0456. The van der Waals surface area contributed by atoms with Crippen LogP contribution in [0.4, 0.5) is 0 Å². The molecule has 0 amide bonds. The average molecular weight is 370 g/mol. The summed E-state index contributed by atoms with van der Waals surface area (Å²) in [6.07, 6.45) is 3.48. The Balaban J connectivity index is 1.64. The molecule has 0 saturated heterocycles. The molecule has 1 aliphatic rings. The van der Waals surface area contributed by atoms with Crippen molar-refractivity contribution in [3.63, 3.8) is 0 Å². The van der Waals surface area contributed by atoms with Crippen LogP contribution in [0.3, 0.4) is 0 Å². The van der Waals surface area contributed by atoms with E-state index < -0.39 is 5.60 Å². The third-order valence-corrected chi connectivity index (χ3v) is 5.64. The van der Waals surface area contributed by atoms with Gasteiger partial charge in [-0.2, -0.15) is 0 Å². The number of aliphatic hydroxyl groups is 1. The molecule has 1 atom stereocenters. The minimum Gasteiger partial charge on any atom is -0.389 e. The van der Waals surface area contributed by atoms with Crippen LogP contribution >= 0.6 is 0 Å². The predicted molar refractivity (Wildman–Crippen MR) is 116 cm³/mol. The summed E-state index contributed by atoms with van der Waals surface area (Å²) >= 11 is 0. The van der Waals surface area contributed by atoms with E-state index in [-0.39, 0.29) is 5.92 Å². The van der Waals surface area contributed by atoms with Gasteiger partial charge in [0.25, 0.3) is 0 Å². The minimum atomic E-state index is -0.845. The van der Waals surface area contributed by atoms with Gasteiger partial charge in [-0.25, -0.2) is 0 Å². The van der Waals surface area contributed by atoms with E-state index in [9.17, 15) is 5.11 Å². The van der Waals surface area contributed by atoms with E-state index in [2.05, 4.69) is 66.8 Å². The molecule has 1 heterocycles. The van der Waals surface area contributed by atoms with Gasteiger partial charge in [0.05, 0.1) is 5.60 Å². The second-order valence-electron chi connectivity index (χ2n) is 7.86. The van der Waals surface area contributed by atoms with Gasteiger partial charge in [0.1, 0.15) is 0 Å². The maximum Gasteiger partial charge on any atom is 0.0808 e. The Morgan fingerprint density at radius 1 is 0.821 bits per heavy atom. The molecule has 142 valence electrons. The van der Waals surface area contributed by atoms with E-state index in [0.29, 0.717) is 12.8 Å². The van der Waals surface area contributed by atoms with Crippen LogP contribution in [0.15, 0.2) is 91.0 Å². The van der Waals surface area contributed by atoms with Crippen LogP contribution in [-0.4, -0.2) is 17.3 Å². The molecule has 0 aromatic heterocycles. The van der Waals surface area contributed by atoms with E-state index in [1.165, 1.54) is 11.1 Å². The summed E-state index contributed by atoms with van der Waals surface area (Å²) in [5.41, 5.74) is 5.03. The van der Waals surface area contributed by atoms with Crippen molar-refractivity contribution in [1.82, 2.24) is 5.32 Å². The standard InChI is InChI=1S/C26H27NO/c1-20-12-14-23(15-13-20)25-16-24(19-27-25)26(28,17-21-8-4-2-5-9-21)18-22-10-6-3-7-11-22/h2-16,24,27-28H,17-19H2,1H3/t24-/m0/s1. The lowest BCUT2D eigenvalue weighted by atomic mass is 9.78. The van der Waals surface area contributed by atoms with Gasteiger partial charge < -0.3 is 10.4 Å². The second kappa shape index (κ2) is 8.04. The van der Waals surface area contributed by atoms with Crippen LogP contribution in [0.1, 0.15) is 22.3 Å². The minimum absolute atomic E-state index is 0.0456. The first-order valence-electron chi connectivity index (χ1n) is 9.95. The average Bonchev–Trinajstić information content (AvgIpc) is 3.21. The zero-order valence-electron chi connectivity index (χ0n) is 16.3. The second-order valence-corrected chi connectivity index (χ2v) is 7.86. The van der Waals surface area contributed by atoms with E-state index in [4.69, 9.17) is 0 Å². The van der Waals surface area contributed by atoms with Crippen molar-refractivity contribution >= 4 is 5.70 Å². The third-order valence-electron chi connectivity index (χ3n) is 5.64. The van der Waals surface area contributed by atoms with Crippen molar-refractivity contribution in [3.8, 4) is 0 Å². The van der Waals surface area contributed by atoms with E-state index >= 15 is 0 Å². The quantitative estimate of drug-likeness (QED) is 0.656. The summed E-state index contributed by atoms with van der Waals surface area (Å²) in [4.78, 5) is 0. The molecule has 0 unspecified atom stereocenters. The predicted octanol–water partition coefficient (Wildman–Crippen LogP) is 4.77. The van der Waals surface area contributed by atoms with Crippen molar-refractivity contribution < 1.29 is 5.11 Å². The van der Waals surface area contributed by atoms with Gasteiger partial charge in [0.15, 0.2) is 0 Å². The van der Waals surface area contributed by atoms with Crippen LogP contribution in [-0.2, 0) is 12.8 Å². The van der Waals surface area contributed by atoms with Crippen LogP contribution in [0, 0.1) is 12.8 Å². The first-order chi connectivity index (χ1) is 13.6. The van der Waals surface area contributed by atoms with Crippen LogP contribution in [0.25, 0.3) is 5.70 Å². The van der Waals surface area contributed by atoms with Crippen molar-refractivity contribution in [1.29, 1.82) is 0 Å². The number of rotatable bonds is 6. The molecular weight excluding hydrogens is 342 g/mol. The van der Waals surface area contributed by atoms with Gasteiger partial charge in [-0.1, -0.05) is 96.6 Å². The molecule has 3 aromatic rings. The number of hydrogen-bond acceptors (Lipinski definition) is 2. The zero-order valence-corrected chi connectivity index (χ0v) is 16.3. The summed E-state index contributed by atoms with van der Waals surface area (Å²) in [5, 5.41) is 15.4. The van der Waals surface area contributed by atoms with E-state index in [1.807, 2.05) is 36.4 Å². The molecule has 0 bridgehead atoms. The fraction of sp³-hybridized carbons (Fsp3) is 0.231. The van der Waals surface area contributed by atoms with Crippen molar-refractivity contribution in [2.24, 2.45) is 5.92 Å². The SMILES string of the molecule is Cc1ccc(C2=C[C@H](C(O)(Cc3ccccc3)Cc3ccccc3)CN2)cc1. The number of hydrogen-bond donors (Lipinski definition) is 2. The van der Waals surface area contributed by atoms with Gasteiger partial charge in [-0.15, -0.1) is 0 Å². The van der Waals surface area contributed by atoms with Crippen molar-refractivity contribution in [2.45, 2.75) is 25.4 Å². The molecule has 0 saturated carbocycles. The molecule has 0 fully saturated rings. The lowest BCUT2D eigenvalue weighted by molar-refractivity contribution is 0.00386. The topological polar surface area (TPSA) is 32.3 Å². The Hall–Kier alpha value is -2.84. The van der Waals surface area contributed by atoms with Crippen LogP contribution in [0.5, 0.6) is 0 Å². The summed E-state index contributed by atoms with van der Waals surface area (Å²) in [6, 6.07) is 29.1. The number of benzene rings is 3. The molecule has 3 aromatic carbocycles. The number of nitrogens with one attached hydrogen (secondary N) is 1. The Labute approximate surface area is 167 Å². The molecule has 2 heteroatoms. The first-order valence-corrected chi connectivity index (χ1v) is 9.95. The first kappa shape index (κ1) is 18.5. The summed E-state index contributed by atoms with van der Waals surface area (Å²) in [6.45, 7) is 2.85. The fourth-order valence-electron chi connectivity index (χ4n) is 4.04. The molecule has 1 aliphatic heterocycles. The normalized spacial score (nSPS) is 16.5.